The Bertz CT molecular complexity index is 905. The van der Waals surface area contributed by atoms with Crippen LogP contribution in [-0.4, -0.2) is 27.1 Å². The number of nitrogens with zero attached hydrogens (tertiary/aromatic N) is 2. The number of hydrogen-bond donors (Lipinski definition) is 1. The van der Waals surface area contributed by atoms with Gasteiger partial charge in [0, 0.05) is 6.54 Å². The molecule has 2 aromatic carbocycles. The van der Waals surface area contributed by atoms with Crippen molar-refractivity contribution >= 4 is 21.6 Å². The number of halogens is 1. The second-order valence-electron chi connectivity index (χ2n) is 5.30. The van der Waals surface area contributed by atoms with Crippen molar-refractivity contribution in [1.29, 1.82) is 5.26 Å². The zero-order chi connectivity index (χ0) is 18.4. The van der Waals surface area contributed by atoms with E-state index in [1.165, 1.54) is 36.4 Å². The number of sulfonamides is 1. The van der Waals surface area contributed by atoms with Crippen molar-refractivity contribution in [2.75, 3.05) is 17.1 Å². The lowest BCUT2D eigenvalue weighted by Gasteiger charge is -2.22. The fraction of sp³-hybridized carbons (Fsp3) is 0.176. The first-order valence-corrected chi connectivity index (χ1v) is 9.14. The van der Waals surface area contributed by atoms with Crippen LogP contribution in [-0.2, 0) is 21.4 Å². The van der Waals surface area contributed by atoms with E-state index in [0.717, 1.165) is 10.6 Å². The Morgan fingerprint density at radius 2 is 1.84 bits per heavy atom. The topological polar surface area (TPSA) is 90.3 Å². The molecule has 0 saturated heterocycles. The van der Waals surface area contributed by atoms with Crippen molar-refractivity contribution < 1.29 is 17.6 Å². The molecule has 0 spiro atoms. The summed E-state index contributed by atoms with van der Waals surface area (Å²) in [7, 11) is -3.76. The van der Waals surface area contributed by atoms with Crippen LogP contribution in [0.2, 0.25) is 0 Å². The predicted molar refractivity (Wildman–Crippen MR) is 91.6 cm³/mol. The summed E-state index contributed by atoms with van der Waals surface area (Å²) in [5.74, 6) is -0.922. The zero-order valence-electron chi connectivity index (χ0n) is 13.4. The van der Waals surface area contributed by atoms with Crippen LogP contribution in [0.4, 0.5) is 10.1 Å². The average Bonchev–Trinajstić information content (AvgIpc) is 2.58. The minimum Gasteiger partial charge on any atom is -0.350 e. The van der Waals surface area contributed by atoms with Crippen LogP contribution in [0.1, 0.15) is 11.1 Å². The van der Waals surface area contributed by atoms with E-state index in [1.54, 1.807) is 12.1 Å². The highest BCUT2D eigenvalue weighted by atomic mass is 32.2. The number of rotatable bonds is 6. The summed E-state index contributed by atoms with van der Waals surface area (Å²) in [5.41, 5.74) is 0.974. The molecule has 1 N–H and O–H groups in total. The largest absolute Gasteiger partial charge is 0.350 e. The molecule has 130 valence electrons. The smallest absolute Gasteiger partial charge is 0.241 e. The molecular formula is C17H16FN3O3S. The number of carbonyl (C=O) groups excluding carboxylic acids is 1. The van der Waals surface area contributed by atoms with Crippen LogP contribution in [0.25, 0.3) is 0 Å². The van der Waals surface area contributed by atoms with E-state index in [4.69, 9.17) is 5.26 Å². The SMILES string of the molecule is CS(=O)(=O)N(CC(=O)NCc1ccc(F)cc1)c1ccccc1C#N. The van der Waals surface area contributed by atoms with E-state index in [-0.39, 0.29) is 23.6 Å². The molecule has 0 saturated carbocycles. The highest BCUT2D eigenvalue weighted by molar-refractivity contribution is 7.92. The van der Waals surface area contributed by atoms with E-state index in [2.05, 4.69) is 5.32 Å². The lowest BCUT2D eigenvalue weighted by molar-refractivity contribution is -0.119. The Hall–Kier alpha value is -2.92. The number of nitrogens with one attached hydrogen (secondary N) is 1. The molecule has 0 heterocycles. The molecule has 0 aromatic heterocycles. The molecule has 0 aliphatic heterocycles. The maximum atomic E-state index is 12.9. The van der Waals surface area contributed by atoms with Gasteiger partial charge in [-0.2, -0.15) is 5.26 Å². The van der Waals surface area contributed by atoms with Gasteiger partial charge in [0.1, 0.15) is 18.4 Å². The Morgan fingerprint density at radius 1 is 1.20 bits per heavy atom. The summed E-state index contributed by atoms with van der Waals surface area (Å²) in [6.07, 6.45) is 0.967. The molecule has 0 radical (unpaired) electrons. The summed E-state index contributed by atoms with van der Waals surface area (Å²) in [5, 5.41) is 11.7. The van der Waals surface area contributed by atoms with Crippen molar-refractivity contribution in [2.24, 2.45) is 0 Å². The molecule has 0 unspecified atom stereocenters. The van der Waals surface area contributed by atoms with Gasteiger partial charge in [0.15, 0.2) is 0 Å². The molecular weight excluding hydrogens is 345 g/mol. The Balaban J connectivity index is 2.13. The van der Waals surface area contributed by atoms with Gasteiger partial charge in [-0.25, -0.2) is 12.8 Å². The van der Waals surface area contributed by atoms with Crippen molar-refractivity contribution in [1.82, 2.24) is 5.32 Å². The third-order valence-electron chi connectivity index (χ3n) is 3.38. The van der Waals surface area contributed by atoms with Gasteiger partial charge in [0.05, 0.1) is 17.5 Å². The predicted octanol–water partition coefficient (Wildman–Crippen LogP) is 1.78. The molecule has 0 aliphatic carbocycles. The Kier molecular flexibility index (Phi) is 5.72. The van der Waals surface area contributed by atoms with Crippen LogP contribution >= 0.6 is 0 Å². The lowest BCUT2D eigenvalue weighted by atomic mass is 10.2. The molecule has 0 bridgehead atoms. The molecule has 1 amide bonds. The number of hydrogen-bond acceptors (Lipinski definition) is 4. The standard InChI is InChI=1S/C17H16FN3O3S/c1-25(23,24)21(16-5-3-2-4-14(16)10-19)12-17(22)20-11-13-6-8-15(18)9-7-13/h2-9H,11-12H2,1H3,(H,20,22). The molecule has 0 fully saturated rings. The van der Waals surface area contributed by atoms with Gasteiger partial charge in [-0.15, -0.1) is 0 Å². The van der Waals surface area contributed by atoms with Gasteiger partial charge in [0.25, 0.3) is 0 Å². The van der Waals surface area contributed by atoms with Gasteiger partial charge in [-0.05, 0) is 29.8 Å². The minimum atomic E-state index is -3.76. The highest BCUT2D eigenvalue weighted by Crippen LogP contribution is 2.21. The molecule has 8 heteroatoms. The van der Waals surface area contributed by atoms with Gasteiger partial charge >= 0.3 is 0 Å². The van der Waals surface area contributed by atoms with Crippen LogP contribution in [0.3, 0.4) is 0 Å². The van der Waals surface area contributed by atoms with Crippen LogP contribution in [0, 0.1) is 17.1 Å². The molecule has 6 nitrogen and oxygen atoms in total. The monoisotopic (exact) mass is 361 g/mol. The average molecular weight is 361 g/mol. The van der Waals surface area contributed by atoms with E-state index >= 15 is 0 Å². The normalized spacial score (nSPS) is 10.8. The van der Waals surface area contributed by atoms with E-state index < -0.39 is 22.5 Å². The van der Waals surface area contributed by atoms with Gasteiger partial charge in [0.2, 0.25) is 15.9 Å². The first-order valence-electron chi connectivity index (χ1n) is 7.29. The third kappa shape index (κ3) is 5.02. The first-order chi connectivity index (χ1) is 11.8. The lowest BCUT2D eigenvalue weighted by Crippen LogP contribution is -2.40. The van der Waals surface area contributed by atoms with Crippen LogP contribution in [0.15, 0.2) is 48.5 Å². The maximum absolute atomic E-state index is 12.9. The van der Waals surface area contributed by atoms with Crippen molar-refractivity contribution in [3.8, 4) is 6.07 Å². The molecule has 25 heavy (non-hydrogen) atoms. The highest BCUT2D eigenvalue weighted by Gasteiger charge is 2.23. The van der Waals surface area contributed by atoms with Gasteiger partial charge < -0.3 is 5.32 Å². The number of amides is 1. The summed E-state index contributed by atoms with van der Waals surface area (Å²) < 4.78 is 37.8. The van der Waals surface area contributed by atoms with Crippen molar-refractivity contribution in [3.63, 3.8) is 0 Å². The van der Waals surface area contributed by atoms with E-state index in [0.29, 0.717) is 5.56 Å². The fourth-order valence-electron chi connectivity index (χ4n) is 2.16. The van der Waals surface area contributed by atoms with Crippen LogP contribution < -0.4 is 9.62 Å². The van der Waals surface area contributed by atoms with Gasteiger partial charge in [-0.3, -0.25) is 9.10 Å². The van der Waals surface area contributed by atoms with Gasteiger partial charge in [-0.1, -0.05) is 24.3 Å². The number of para-hydroxylation sites is 1. The second kappa shape index (κ2) is 7.77. The summed E-state index contributed by atoms with van der Waals surface area (Å²) >= 11 is 0. The molecule has 2 rings (SSSR count). The van der Waals surface area contributed by atoms with Crippen molar-refractivity contribution in [2.45, 2.75) is 6.54 Å². The molecule has 0 atom stereocenters. The first kappa shape index (κ1) is 18.4. The summed E-state index contributed by atoms with van der Waals surface area (Å²) in [4.78, 5) is 12.1. The number of carbonyl (C=O) groups is 1. The maximum Gasteiger partial charge on any atom is 0.241 e. The third-order valence-corrected chi connectivity index (χ3v) is 4.51. The fourth-order valence-corrected chi connectivity index (χ4v) is 3.02. The van der Waals surface area contributed by atoms with E-state index in [9.17, 15) is 17.6 Å². The quantitative estimate of drug-likeness (QED) is 0.849. The molecule has 2 aromatic rings. The van der Waals surface area contributed by atoms with Crippen LogP contribution in [0.5, 0.6) is 0 Å². The van der Waals surface area contributed by atoms with Crippen molar-refractivity contribution in [3.05, 3.63) is 65.5 Å². The second-order valence-corrected chi connectivity index (χ2v) is 7.21. The number of anilines is 1. The minimum absolute atomic E-state index is 0.136. The number of benzene rings is 2. The Labute approximate surface area is 145 Å². The summed E-state index contributed by atoms with van der Waals surface area (Å²) in [6.45, 7) is -0.324. The van der Waals surface area contributed by atoms with E-state index in [1.807, 2.05) is 6.07 Å². The number of nitriles is 1. The molecule has 0 aliphatic rings. The zero-order valence-corrected chi connectivity index (χ0v) is 14.3. The Morgan fingerprint density at radius 3 is 2.44 bits per heavy atom. The summed E-state index contributed by atoms with van der Waals surface area (Å²) in [6, 6.07) is 13.6.